The number of rotatable bonds is 0. The third-order valence-electron chi connectivity index (χ3n) is 11.6. The average molecular weight is 709 g/mol. The van der Waals surface area contributed by atoms with Gasteiger partial charge in [-0.1, -0.05) is 12.1 Å². The fraction of sp³-hybridized carbons (Fsp3) is 0. The highest BCUT2D eigenvalue weighted by atomic mass is 15.0. The smallest absolute Gasteiger partial charge is 0.118 e. The molecule has 13 aromatic rings. The van der Waals surface area contributed by atoms with Crippen molar-refractivity contribution in [3.63, 3.8) is 0 Å². The third kappa shape index (κ3) is 3.18. The maximum Gasteiger partial charge on any atom is 0.118 e. The zero-order valence-electron chi connectivity index (χ0n) is 28.7. The summed E-state index contributed by atoms with van der Waals surface area (Å²) in [6, 6.07) is 36.2. The fourth-order valence-corrected chi connectivity index (χ4v) is 9.55. The van der Waals surface area contributed by atoms with Crippen LogP contribution in [0.3, 0.4) is 0 Å². The topological polar surface area (TPSA) is 156 Å². The molecule has 0 bridgehead atoms. The van der Waals surface area contributed by atoms with E-state index in [4.69, 9.17) is 19.9 Å². The van der Waals surface area contributed by atoms with Gasteiger partial charge < -0.3 is 8.80 Å². The van der Waals surface area contributed by atoms with Crippen LogP contribution in [0.5, 0.6) is 0 Å². The summed E-state index contributed by atoms with van der Waals surface area (Å²) < 4.78 is 4.47. The molecule has 0 unspecified atom stereocenters. The molecule has 10 heteroatoms. The van der Waals surface area contributed by atoms with Crippen molar-refractivity contribution in [3.05, 3.63) is 120 Å². The molecule has 0 saturated heterocycles. The zero-order chi connectivity index (χ0) is 37.1. The zero-order valence-corrected chi connectivity index (χ0v) is 28.7. The molecule has 0 fully saturated rings. The maximum absolute atomic E-state index is 10.4. The van der Waals surface area contributed by atoms with E-state index in [0.717, 1.165) is 87.0 Å². The van der Waals surface area contributed by atoms with Crippen LogP contribution in [0.4, 0.5) is 0 Å². The van der Waals surface area contributed by atoms with Gasteiger partial charge in [0.1, 0.15) is 22.1 Å². The molecule has 0 aliphatic carbocycles. The summed E-state index contributed by atoms with van der Waals surface area (Å²) in [6.07, 6.45) is 3.52. The second-order valence-corrected chi connectivity index (χ2v) is 14.3. The van der Waals surface area contributed by atoms with Crippen molar-refractivity contribution >= 4 is 120 Å². The molecule has 6 aromatic carbocycles. The van der Waals surface area contributed by atoms with Crippen LogP contribution in [0.2, 0.25) is 0 Å². The number of nitriles is 4. The van der Waals surface area contributed by atoms with E-state index >= 15 is 0 Å². The van der Waals surface area contributed by atoms with Crippen molar-refractivity contribution in [1.82, 2.24) is 28.7 Å². The van der Waals surface area contributed by atoms with E-state index in [1.165, 1.54) is 0 Å². The van der Waals surface area contributed by atoms with Gasteiger partial charge in [-0.3, -0.25) is 9.97 Å². The Hall–Kier alpha value is -8.70. The molecule has 0 radical (unpaired) electrons. The first kappa shape index (κ1) is 28.8. The van der Waals surface area contributed by atoms with E-state index in [2.05, 4.69) is 33.1 Å². The van der Waals surface area contributed by atoms with Gasteiger partial charge in [-0.15, -0.1) is 0 Å². The van der Waals surface area contributed by atoms with Crippen LogP contribution in [-0.2, 0) is 0 Å². The number of hydrogen-bond donors (Lipinski definition) is 0. The Morgan fingerprint density at radius 2 is 0.786 bits per heavy atom. The molecule has 0 aliphatic rings. The van der Waals surface area contributed by atoms with Gasteiger partial charge in [-0.25, -0.2) is 9.97 Å². The second-order valence-electron chi connectivity index (χ2n) is 14.3. The molecule has 250 valence electrons. The highest BCUT2D eigenvalue weighted by molar-refractivity contribution is 6.40. The Bertz CT molecular complexity index is 3950. The van der Waals surface area contributed by atoms with Crippen LogP contribution in [-0.4, -0.2) is 28.7 Å². The summed E-state index contributed by atoms with van der Waals surface area (Å²) >= 11 is 0. The van der Waals surface area contributed by atoms with Crippen LogP contribution >= 0.6 is 0 Å². The molecule has 0 spiro atoms. The molecule has 7 heterocycles. The highest BCUT2D eigenvalue weighted by Crippen LogP contribution is 2.50. The Kier molecular flexibility index (Phi) is 4.96. The van der Waals surface area contributed by atoms with Crippen LogP contribution in [0.1, 0.15) is 22.3 Å². The van der Waals surface area contributed by atoms with Gasteiger partial charge in [-0.05, 0) is 72.8 Å². The standard InChI is InChI=1S/C46H16N10/c47-17-21-5-7-33-27(11-21)29-13-23(19-49)15-31-35-39-40(54-42-38-26(4-2-10-52-38)25-3-1-9-51-37(25)41(42)53-39)36-32-16-24(20-50)14-30-28-12-22(18-48)6-8-34(28)56(44(30)32)46(36)45(35)55(33)43(29)31/h1-16H. The summed E-state index contributed by atoms with van der Waals surface area (Å²) in [7, 11) is 0. The molecule has 0 saturated carbocycles. The largest absolute Gasteiger partial charge is 0.306 e. The molecule has 0 aliphatic heterocycles. The lowest BCUT2D eigenvalue weighted by Crippen LogP contribution is -1.96. The van der Waals surface area contributed by atoms with E-state index < -0.39 is 0 Å². The van der Waals surface area contributed by atoms with Crippen molar-refractivity contribution in [1.29, 1.82) is 21.0 Å². The molecular formula is C46H16N10. The molecule has 0 amide bonds. The van der Waals surface area contributed by atoms with Crippen molar-refractivity contribution in [2.45, 2.75) is 0 Å². The molecule has 13 rings (SSSR count). The quantitative estimate of drug-likeness (QED) is 0.111. The van der Waals surface area contributed by atoms with Gasteiger partial charge in [0, 0.05) is 66.3 Å². The number of pyridine rings is 2. The maximum atomic E-state index is 10.4. The summed E-state index contributed by atoms with van der Waals surface area (Å²) in [5.41, 5.74) is 11.1. The molecule has 0 N–H and O–H groups in total. The summed E-state index contributed by atoms with van der Waals surface area (Å²) in [5.74, 6) is 0. The summed E-state index contributed by atoms with van der Waals surface area (Å²) in [4.78, 5) is 20.8. The number of hydrogen-bond acceptors (Lipinski definition) is 8. The van der Waals surface area contributed by atoms with Crippen LogP contribution < -0.4 is 0 Å². The monoisotopic (exact) mass is 708 g/mol. The number of aromatic nitrogens is 6. The first-order valence-electron chi connectivity index (χ1n) is 17.8. The lowest BCUT2D eigenvalue weighted by Gasteiger charge is -2.11. The molecule has 56 heavy (non-hydrogen) atoms. The van der Waals surface area contributed by atoms with Gasteiger partial charge >= 0.3 is 0 Å². The van der Waals surface area contributed by atoms with Gasteiger partial charge in [0.05, 0.1) is 90.7 Å². The van der Waals surface area contributed by atoms with Gasteiger partial charge in [0.2, 0.25) is 0 Å². The lowest BCUT2D eigenvalue weighted by atomic mass is 9.99. The van der Waals surface area contributed by atoms with Crippen LogP contribution in [0, 0.1) is 45.3 Å². The second kappa shape index (κ2) is 9.64. The number of nitrogens with zero attached hydrogens (tertiary/aromatic N) is 10. The van der Waals surface area contributed by atoms with Crippen molar-refractivity contribution in [2.75, 3.05) is 0 Å². The highest BCUT2D eigenvalue weighted by Gasteiger charge is 2.30. The Morgan fingerprint density at radius 1 is 0.375 bits per heavy atom. The van der Waals surface area contributed by atoms with Crippen molar-refractivity contribution in [3.8, 4) is 24.3 Å². The van der Waals surface area contributed by atoms with E-state index in [-0.39, 0.29) is 0 Å². The predicted molar refractivity (Wildman–Crippen MR) is 216 cm³/mol. The minimum Gasteiger partial charge on any atom is -0.306 e. The van der Waals surface area contributed by atoms with Crippen molar-refractivity contribution < 1.29 is 0 Å². The van der Waals surface area contributed by atoms with Crippen molar-refractivity contribution in [2.24, 2.45) is 0 Å². The predicted octanol–water partition coefficient (Wildman–Crippen LogP) is 9.67. The van der Waals surface area contributed by atoms with Gasteiger partial charge in [-0.2, -0.15) is 21.0 Å². The first-order chi connectivity index (χ1) is 27.6. The Morgan fingerprint density at radius 3 is 1.21 bits per heavy atom. The van der Waals surface area contributed by atoms with Crippen LogP contribution in [0.15, 0.2) is 97.3 Å². The van der Waals surface area contributed by atoms with Gasteiger partial charge in [0.25, 0.3) is 0 Å². The molecular weight excluding hydrogens is 693 g/mol. The minimum absolute atomic E-state index is 0.478. The van der Waals surface area contributed by atoms with E-state index in [9.17, 15) is 21.0 Å². The normalized spacial score (nSPS) is 12.2. The minimum atomic E-state index is 0.478. The molecule has 7 aromatic heterocycles. The Labute approximate surface area is 312 Å². The average Bonchev–Trinajstić information content (AvgIpc) is 3.98. The lowest BCUT2D eigenvalue weighted by molar-refractivity contribution is 1.33. The number of benzene rings is 6. The molecule has 10 nitrogen and oxygen atoms in total. The summed E-state index contributed by atoms with van der Waals surface area (Å²) in [6.45, 7) is 0. The van der Waals surface area contributed by atoms with E-state index in [0.29, 0.717) is 55.4 Å². The molecule has 0 atom stereocenters. The third-order valence-corrected chi connectivity index (χ3v) is 11.6. The first-order valence-corrected chi connectivity index (χ1v) is 17.8. The van der Waals surface area contributed by atoms with E-state index in [1.54, 1.807) is 12.4 Å². The van der Waals surface area contributed by atoms with Crippen LogP contribution in [0.25, 0.3) is 120 Å². The SMILES string of the molecule is N#Cc1ccc2c(c1)c1cc(C#N)cc3c4c5nc6c7ncccc7c7cccnc7c6nc5c5c6cc(C#N)cc7c8cc(C#N)ccc8n(c76)c5c4n2c13. The fourth-order valence-electron chi connectivity index (χ4n) is 9.55. The summed E-state index contributed by atoms with van der Waals surface area (Å²) in [5, 5.41) is 49.3. The number of fused-ring (bicyclic) bond motifs is 22. The van der Waals surface area contributed by atoms with E-state index in [1.807, 2.05) is 84.9 Å². The van der Waals surface area contributed by atoms with Gasteiger partial charge in [0.15, 0.2) is 0 Å². The Balaban J connectivity index is 1.43.